The quantitative estimate of drug-likeness (QED) is 0.860. The van der Waals surface area contributed by atoms with Crippen molar-refractivity contribution in [1.29, 1.82) is 0 Å². The van der Waals surface area contributed by atoms with Crippen LogP contribution in [0.5, 0.6) is 0 Å². The number of hydrogen-bond donors (Lipinski definition) is 1. The zero-order chi connectivity index (χ0) is 11.4. The zero-order valence-corrected chi connectivity index (χ0v) is 11.5. The highest BCUT2D eigenvalue weighted by molar-refractivity contribution is 9.10. The molecule has 2 heterocycles. The number of aromatic nitrogens is 2. The summed E-state index contributed by atoms with van der Waals surface area (Å²) < 4.78 is 3.22. The molecule has 0 unspecified atom stereocenters. The molecule has 0 radical (unpaired) electrons. The molecule has 3 nitrogen and oxygen atoms in total. The van der Waals surface area contributed by atoms with Gasteiger partial charge in [-0.2, -0.15) is 0 Å². The van der Waals surface area contributed by atoms with Crippen molar-refractivity contribution in [2.24, 2.45) is 7.05 Å². The summed E-state index contributed by atoms with van der Waals surface area (Å²) >= 11 is 5.22. The third-order valence-electron chi connectivity index (χ3n) is 2.37. The molecule has 86 valence electrons. The summed E-state index contributed by atoms with van der Waals surface area (Å²) in [6.45, 7) is 1.89. The minimum Gasteiger partial charge on any atom is -0.338 e. The molecule has 0 aliphatic rings. The van der Waals surface area contributed by atoms with Crippen LogP contribution in [-0.4, -0.2) is 16.1 Å². The van der Waals surface area contributed by atoms with E-state index in [0.717, 1.165) is 25.3 Å². The van der Waals surface area contributed by atoms with Crippen molar-refractivity contribution in [3.05, 3.63) is 39.0 Å². The van der Waals surface area contributed by atoms with Crippen molar-refractivity contribution in [1.82, 2.24) is 14.9 Å². The Kier molecular flexibility index (Phi) is 4.15. The van der Waals surface area contributed by atoms with E-state index in [2.05, 4.69) is 42.2 Å². The van der Waals surface area contributed by atoms with E-state index >= 15 is 0 Å². The Morgan fingerprint density at radius 1 is 1.56 bits per heavy atom. The fourth-order valence-corrected chi connectivity index (χ4v) is 2.92. The molecule has 2 rings (SSSR count). The van der Waals surface area contributed by atoms with Gasteiger partial charge in [-0.25, -0.2) is 4.98 Å². The predicted octanol–water partition coefficient (Wildman–Crippen LogP) is 2.58. The van der Waals surface area contributed by atoms with Crippen LogP contribution in [0.25, 0.3) is 0 Å². The topological polar surface area (TPSA) is 29.9 Å². The summed E-state index contributed by atoms with van der Waals surface area (Å²) in [6, 6.07) is 2.15. The first kappa shape index (κ1) is 11.8. The zero-order valence-electron chi connectivity index (χ0n) is 9.11. The largest absolute Gasteiger partial charge is 0.338 e. The maximum Gasteiger partial charge on any atom is 0.109 e. The summed E-state index contributed by atoms with van der Waals surface area (Å²) in [7, 11) is 2.03. The number of hydrogen-bond acceptors (Lipinski definition) is 3. The maximum absolute atomic E-state index is 4.28. The number of aryl methyl sites for hydroxylation is 1. The lowest BCUT2D eigenvalue weighted by Gasteiger charge is -2.03. The lowest BCUT2D eigenvalue weighted by molar-refractivity contribution is 0.659. The van der Waals surface area contributed by atoms with Gasteiger partial charge in [-0.15, -0.1) is 11.3 Å². The van der Waals surface area contributed by atoms with Gasteiger partial charge < -0.3 is 9.88 Å². The average molecular weight is 300 g/mol. The predicted molar refractivity (Wildman–Crippen MR) is 70.6 cm³/mol. The number of nitrogens with zero attached hydrogens (tertiary/aromatic N) is 2. The molecule has 2 aromatic heterocycles. The molecule has 0 aromatic carbocycles. The van der Waals surface area contributed by atoms with Crippen LogP contribution >= 0.6 is 27.3 Å². The van der Waals surface area contributed by atoms with Crippen LogP contribution in [0.15, 0.2) is 28.3 Å². The first-order chi connectivity index (χ1) is 7.75. The van der Waals surface area contributed by atoms with Crippen molar-refractivity contribution in [2.45, 2.75) is 13.0 Å². The first-order valence-corrected chi connectivity index (χ1v) is 6.83. The second kappa shape index (κ2) is 5.61. The molecule has 0 aliphatic heterocycles. The van der Waals surface area contributed by atoms with Gasteiger partial charge in [-0.1, -0.05) is 0 Å². The number of halogens is 1. The van der Waals surface area contributed by atoms with Crippen molar-refractivity contribution in [3.8, 4) is 0 Å². The maximum atomic E-state index is 4.28. The number of nitrogens with one attached hydrogen (secondary N) is 1. The molecule has 0 aliphatic carbocycles. The number of thiophene rings is 1. The van der Waals surface area contributed by atoms with Crippen LogP contribution in [0.4, 0.5) is 0 Å². The molecule has 0 saturated heterocycles. The highest BCUT2D eigenvalue weighted by atomic mass is 79.9. The average Bonchev–Trinajstić information content (AvgIpc) is 2.83. The third kappa shape index (κ3) is 3.17. The molecule has 0 atom stereocenters. The van der Waals surface area contributed by atoms with Crippen LogP contribution in [0, 0.1) is 0 Å². The summed E-state index contributed by atoms with van der Waals surface area (Å²) in [5.74, 6) is 1.12. The third-order valence-corrected chi connectivity index (χ3v) is 4.06. The van der Waals surface area contributed by atoms with E-state index in [1.165, 1.54) is 9.35 Å². The van der Waals surface area contributed by atoms with Crippen LogP contribution < -0.4 is 5.32 Å². The Balaban J connectivity index is 1.71. The Morgan fingerprint density at radius 3 is 3.06 bits per heavy atom. The number of imidazole rings is 1. The highest BCUT2D eigenvalue weighted by Gasteiger charge is 1.99. The molecule has 2 aromatic rings. The lowest BCUT2D eigenvalue weighted by Crippen LogP contribution is -2.17. The lowest BCUT2D eigenvalue weighted by atomic mass is 10.4. The van der Waals surface area contributed by atoms with Gasteiger partial charge in [-0.3, -0.25) is 0 Å². The Hall–Kier alpha value is -0.650. The smallest absolute Gasteiger partial charge is 0.109 e. The second-order valence-corrected chi connectivity index (χ2v) is 5.52. The molecule has 0 spiro atoms. The van der Waals surface area contributed by atoms with Gasteiger partial charge in [0, 0.05) is 53.7 Å². The standard InChI is InChI=1S/C11H14BrN3S/c1-15-5-4-14-11(15)2-3-13-7-10-6-9(12)8-16-10/h4-6,8,13H,2-3,7H2,1H3. The molecular weight excluding hydrogens is 286 g/mol. The SMILES string of the molecule is Cn1ccnc1CCNCc1cc(Br)cs1. The molecule has 5 heteroatoms. The molecule has 0 fully saturated rings. The van der Waals surface area contributed by atoms with E-state index in [9.17, 15) is 0 Å². The van der Waals surface area contributed by atoms with Crippen molar-refractivity contribution >= 4 is 27.3 Å². The molecule has 16 heavy (non-hydrogen) atoms. The van der Waals surface area contributed by atoms with Crippen LogP contribution in [0.2, 0.25) is 0 Å². The van der Waals surface area contributed by atoms with E-state index in [1.807, 2.05) is 19.4 Å². The molecule has 1 N–H and O–H groups in total. The van der Waals surface area contributed by atoms with Gasteiger partial charge in [0.15, 0.2) is 0 Å². The van der Waals surface area contributed by atoms with Gasteiger partial charge in [0.2, 0.25) is 0 Å². The van der Waals surface area contributed by atoms with Gasteiger partial charge in [0.25, 0.3) is 0 Å². The summed E-state index contributed by atoms with van der Waals surface area (Å²) in [4.78, 5) is 5.64. The Morgan fingerprint density at radius 2 is 2.44 bits per heavy atom. The van der Waals surface area contributed by atoms with E-state index in [-0.39, 0.29) is 0 Å². The fraction of sp³-hybridized carbons (Fsp3) is 0.364. The van der Waals surface area contributed by atoms with Crippen LogP contribution in [0.1, 0.15) is 10.7 Å². The van der Waals surface area contributed by atoms with E-state index < -0.39 is 0 Å². The first-order valence-electron chi connectivity index (χ1n) is 5.15. The van der Waals surface area contributed by atoms with Crippen LogP contribution in [-0.2, 0) is 20.0 Å². The van der Waals surface area contributed by atoms with E-state index in [0.29, 0.717) is 0 Å². The van der Waals surface area contributed by atoms with Crippen LogP contribution in [0.3, 0.4) is 0 Å². The molecule has 0 bridgehead atoms. The normalized spacial score (nSPS) is 10.9. The minimum absolute atomic E-state index is 0.931. The van der Waals surface area contributed by atoms with Crippen molar-refractivity contribution in [3.63, 3.8) is 0 Å². The van der Waals surface area contributed by atoms with E-state index in [4.69, 9.17) is 0 Å². The summed E-state index contributed by atoms with van der Waals surface area (Å²) in [5, 5.41) is 5.52. The molecular formula is C11H14BrN3S. The van der Waals surface area contributed by atoms with Crippen molar-refractivity contribution < 1.29 is 0 Å². The minimum atomic E-state index is 0.931. The monoisotopic (exact) mass is 299 g/mol. The molecule has 0 saturated carbocycles. The molecule has 0 amide bonds. The van der Waals surface area contributed by atoms with E-state index in [1.54, 1.807) is 11.3 Å². The summed E-state index contributed by atoms with van der Waals surface area (Å²) in [6.07, 6.45) is 4.79. The van der Waals surface area contributed by atoms with Gasteiger partial charge in [0.05, 0.1) is 0 Å². The van der Waals surface area contributed by atoms with Gasteiger partial charge >= 0.3 is 0 Å². The van der Waals surface area contributed by atoms with Gasteiger partial charge in [0.1, 0.15) is 5.82 Å². The Bertz CT molecular complexity index is 450. The Labute approximate surface area is 108 Å². The van der Waals surface area contributed by atoms with Crippen molar-refractivity contribution in [2.75, 3.05) is 6.54 Å². The van der Waals surface area contributed by atoms with Gasteiger partial charge in [-0.05, 0) is 22.0 Å². The fourth-order valence-electron chi connectivity index (χ4n) is 1.50. The highest BCUT2D eigenvalue weighted by Crippen LogP contribution is 2.19. The number of rotatable bonds is 5. The summed E-state index contributed by atoms with van der Waals surface area (Å²) in [5.41, 5.74) is 0. The second-order valence-electron chi connectivity index (χ2n) is 3.61.